The van der Waals surface area contributed by atoms with Gasteiger partial charge < -0.3 is 0 Å². The summed E-state index contributed by atoms with van der Waals surface area (Å²) >= 11 is 11.2. The maximum absolute atomic E-state index is 6.88. The average molecular weight is 559 g/mol. The molecule has 4 rings (SSSR count). The van der Waals surface area contributed by atoms with Crippen LogP contribution in [0.2, 0.25) is 10.0 Å². The first kappa shape index (κ1) is 17.0. The molecule has 0 fully saturated rings. The van der Waals surface area contributed by atoms with Crippen LogP contribution < -0.4 is 9.81 Å². The summed E-state index contributed by atoms with van der Waals surface area (Å²) in [6.07, 6.45) is 0. The van der Waals surface area contributed by atoms with Crippen molar-refractivity contribution in [1.29, 1.82) is 0 Å². The van der Waals surface area contributed by atoms with Crippen LogP contribution in [0, 0.1) is 0 Å². The van der Waals surface area contributed by atoms with Crippen molar-refractivity contribution in [2.75, 3.05) is 0 Å². The monoisotopic (exact) mass is 558 g/mol. The molecule has 2 aliphatic rings. The Morgan fingerprint density at radius 2 is 0.840 bits per heavy atom. The third-order valence-electron chi connectivity index (χ3n) is 4.18. The van der Waals surface area contributed by atoms with Crippen LogP contribution in [0.4, 0.5) is 0 Å². The SMILES string of the molecule is Clc1c2cccccc-2c(Cl)[c]1[Bi]([c]1ccccc1)[c]1ccccc1. The minimum atomic E-state index is -2.57. The molecule has 0 saturated carbocycles. The van der Waals surface area contributed by atoms with E-state index in [1.165, 1.54) is 9.81 Å². The minimum absolute atomic E-state index is 0.821. The van der Waals surface area contributed by atoms with Gasteiger partial charge in [-0.15, -0.1) is 0 Å². The molecule has 2 aromatic carbocycles. The van der Waals surface area contributed by atoms with Gasteiger partial charge in [-0.05, 0) is 0 Å². The van der Waals surface area contributed by atoms with Gasteiger partial charge in [0.1, 0.15) is 0 Å². The Morgan fingerprint density at radius 1 is 0.480 bits per heavy atom. The van der Waals surface area contributed by atoms with E-state index in [4.69, 9.17) is 23.2 Å². The Hall–Kier alpha value is -1.40. The Balaban J connectivity index is 2.02. The number of benzene rings is 2. The second kappa shape index (κ2) is 7.46. The molecule has 0 nitrogen and oxygen atoms in total. The van der Waals surface area contributed by atoms with Crippen LogP contribution in [0.25, 0.3) is 11.1 Å². The molecule has 0 aliphatic heterocycles. The van der Waals surface area contributed by atoms with E-state index >= 15 is 0 Å². The van der Waals surface area contributed by atoms with Gasteiger partial charge in [-0.2, -0.15) is 0 Å². The van der Waals surface area contributed by atoms with Gasteiger partial charge in [-0.1, -0.05) is 0 Å². The van der Waals surface area contributed by atoms with Crippen LogP contribution in [0.5, 0.6) is 0 Å². The van der Waals surface area contributed by atoms with E-state index in [0.29, 0.717) is 0 Å². The second-order valence-corrected chi connectivity index (χ2v) is 14.8. The van der Waals surface area contributed by atoms with Crippen molar-refractivity contribution in [3.63, 3.8) is 0 Å². The van der Waals surface area contributed by atoms with Gasteiger partial charge >= 0.3 is 167 Å². The van der Waals surface area contributed by atoms with Crippen LogP contribution in [-0.2, 0) is 0 Å². The molecule has 3 heteroatoms. The molecule has 0 heterocycles. The number of fused-ring (bicyclic) bond motifs is 1. The van der Waals surface area contributed by atoms with Crippen molar-refractivity contribution in [2.24, 2.45) is 0 Å². The standard InChI is InChI=1S/C10H5Cl2.2C6H5.Bi/c11-9-6-10(12)8-5-3-1-2-4-7(8)9;2*1-2-4-6-5-3-1;/h1-5H;2*1-5H;. The Kier molecular flexibility index (Phi) is 5.08. The van der Waals surface area contributed by atoms with Crippen molar-refractivity contribution in [1.82, 2.24) is 0 Å². The first-order valence-electron chi connectivity index (χ1n) is 8.03. The van der Waals surface area contributed by atoms with E-state index in [2.05, 4.69) is 72.8 Å². The fraction of sp³-hybridized carbons (Fsp3) is 0. The Labute approximate surface area is 166 Å². The summed E-state index contributed by atoms with van der Waals surface area (Å²) < 4.78 is 3.94. The molecule has 25 heavy (non-hydrogen) atoms. The Morgan fingerprint density at radius 3 is 1.24 bits per heavy atom. The zero-order chi connectivity index (χ0) is 17.2. The van der Waals surface area contributed by atoms with E-state index in [1.54, 1.807) is 0 Å². The fourth-order valence-electron chi connectivity index (χ4n) is 3.04. The summed E-state index contributed by atoms with van der Waals surface area (Å²) in [5, 5.41) is 1.64. The second-order valence-electron chi connectivity index (χ2n) is 5.72. The molecule has 0 bridgehead atoms. The normalized spacial score (nSPS) is 11.2. The molecule has 0 saturated heterocycles. The Bertz CT molecular complexity index is 891. The van der Waals surface area contributed by atoms with Gasteiger partial charge in [0.2, 0.25) is 0 Å². The predicted octanol–water partition coefficient (Wildman–Crippen LogP) is 4.61. The van der Waals surface area contributed by atoms with Crippen LogP contribution in [0.15, 0.2) is 91.0 Å². The van der Waals surface area contributed by atoms with Crippen LogP contribution in [-0.4, -0.2) is 21.8 Å². The number of hydrogen-bond donors (Lipinski definition) is 0. The fourth-order valence-corrected chi connectivity index (χ4v) is 14.4. The van der Waals surface area contributed by atoms with Gasteiger partial charge in [0.15, 0.2) is 0 Å². The predicted molar refractivity (Wildman–Crippen MR) is 111 cm³/mol. The van der Waals surface area contributed by atoms with E-state index in [9.17, 15) is 0 Å². The number of rotatable bonds is 3. The molecule has 122 valence electrons. The molecule has 0 spiro atoms. The molecule has 0 radical (unpaired) electrons. The van der Waals surface area contributed by atoms with Crippen molar-refractivity contribution < 1.29 is 0 Å². The molecule has 0 atom stereocenters. The van der Waals surface area contributed by atoms with E-state index < -0.39 is 21.8 Å². The molecular formula is C22H15BiCl2. The molecule has 0 unspecified atom stereocenters. The summed E-state index contributed by atoms with van der Waals surface area (Å²) in [5.74, 6) is 0. The summed E-state index contributed by atoms with van der Waals surface area (Å²) in [6, 6.07) is 31.5. The summed E-state index contributed by atoms with van der Waals surface area (Å²) in [5.41, 5.74) is 2.08. The van der Waals surface area contributed by atoms with Crippen molar-refractivity contribution in [3.8, 4) is 11.1 Å². The zero-order valence-electron chi connectivity index (χ0n) is 13.4. The van der Waals surface area contributed by atoms with Crippen molar-refractivity contribution in [2.45, 2.75) is 0 Å². The molecular weight excluding hydrogens is 544 g/mol. The molecule has 0 aromatic heterocycles. The number of hydrogen-bond acceptors (Lipinski definition) is 0. The van der Waals surface area contributed by atoms with Gasteiger partial charge in [0.05, 0.1) is 0 Å². The third-order valence-corrected chi connectivity index (χ3v) is 15.9. The van der Waals surface area contributed by atoms with Crippen LogP contribution >= 0.6 is 23.2 Å². The zero-order valence-corrected chi connectivity index (χ0v) is 18.4. The quantitative estimate of drug-likeness (QED) is 0.322. The average Bonchev–Trinajstić information content (AvgIpc) is 2.84. The molecule has 2 aromatic rings. The summed E-state index contributed by atoms with van der Waals surface area (Å²) in [4.78, 5) is 0. The summed E-state index contributed by atoms with van der Waals surface area (Å²) in [7, 11) is 0. The first-order chi connectivity index (χ1) is 12.3. The van der Waals surface area contributed by atoms with Gasteiger partial charge in [-0.25, -0.2) is 0 Å². The van der Waals surface area contributed by atoms with Crippen LogP contribution in [0.1, 0.15) is 0 Å². The van der Waals surface area contributed by atoms with Gasteiger partial charge in [0.25, 0.3) is 0 Å². The molecule has 0 amide bonds. The molecule has 0 N–H and O–H groups in total. The van der Waals surface area contributed by atoms with E-state index in [0.717, 1.165) is 21.2 Å². The van der Waals surface area contributed by atoms with Crippen LogP contribution in [0.3, 0.4) is 0 Å². The first-order valence-corrected chi connectivity index (χ1v) is 14.0. The molecule has 2 aliphatic carbocycles. The van der Waals surface area contributed by atoms with Gasteiger partial charge in [0, 0.05) is 0 Å². The van der Waals surface area contributed by atoms with E-state index in [1.807, 2.05) is 18.2 Å². The van der Waals surface area contributed by atoms with Gasteiger partial charge in [-0.3, -0.25) is 0 Å². The maximum atomic E-state index is 6.88. The van der Waals surface area contributed by atoms with E-state index in [-0.39, 0.29) is 0 Å². The topological polar surface area (TPSA) is 0 Å². The van der Waals surface area contributed by atoms with Crippen molar-refractivity contribution >= 4 is 54.8 Å². The number of halogens is 2. The van der Waals surface area contributed by atoms with Crippen molar-refractivity contribution in [3.05, 3.63) is 101 Å². The third kappa shape index (κ3) is 3.22. The summed E-state index contributed by atoms with van der Waals surface area (Å²) in [6.45, 7) is 0.